The molecule has 0 atom stereocenters. The molecule has 0 aromatic heterocycles. The minimum atomic E-state index is 0.192. The van der Waals surface area contributed by atoms with E-state index < -0.39 is 0 Å². The van der Waals surface area contributed by atoms with Crippen LogP contribution < -0.4 is 10.1 Å². The van der Waals surface area contributed by atoms with Gasteiger partial charge >= 0.3 is 0 Å². The fourth-order valence-electron chi connectivity index (χ4n) is 4.24. The smallest absolute Gasteiger partial charge is 0.220 e. The molecule has 4 nitrogen and oxygen atoms in total. The van der Waals surface area contributed by atoms with Crippen LogP contribution in [0.3, 0.4) is 0 Å². The minimum Gasteiger partial charge on any atom is -0.491 e. The summed E-state index contributed by atoms with van der Waals surface area (Å²) in [6, 6.07) is 8.69. The van der Waals surface area contributed by atoms with Gasteiger partial charge in [0.2, 0.25) is 5.91 Å². The van der Waals surface area contributed by atoms with Crippen molar-refractivity contribution in [1.82, 2.24) is 10.2 Å². The number of amides is 1. The fourth-order valence-corrected chi connectivity index (χ4v) is 4.24. The van der Waals surface area contributed by atoms with Gasteiger partial charge in [0.05, 0.1) is 6.10 Å². The summed E-state index contributed by atoms with van der Waals surface area (Å²) in [6.07, 6.45) is 8.11. The first-order valence-corrected chi connectivity index (χ1v) is 10.4. The van der Waals surface area contributed by atoms with Gasteiger partial charge in [-0.3, -0.25) is 9.69 Å². The standard InChI is InChI=1S/C22H34N2O2/c1-17(2)26-21-10-6-5-9-19(21)16-24-13-11-20(12-14-24)23-22(25)15-18-7-3-4-8-18/h5-6,9-10,17-18,20H,3-4,7-8,11-16H2,1-2H3,(H,23,25). The summed E-state index contributed by atoms with van der Waals surface area (Å²) in [5.74, 6) is 1.90. The zero-order valence-electron chi connectivity index (χ0n) is 16.4. The van der Waals surface area contributed by atoms with Crippen molar-refractivity contribution >= 4 is 5.91 Å². The third kappa shape index (κ3) is 5.73. The van der Waals surface area contributed by atoms with Gasteiger partial charge in [-0.15, -0.1) is 0 Å². The first-order valence-electron chi connectivity index (χ1n) is 10.4. The SMILES string of the molecule is CC(C)Oc1ccccc1CN1CCC(NC(=O)CC2CCCC2)CC1. The summed E-state index contributed by atoms with van der Waals surface area (Å²) >= 11 is 0. The molecule has 0 radical (unpaired) electrons. The summed E-state index contributed by atoms with van der Waals surface area (Å²) < 4.78 is 5.94. The van der Waals surface area contributed by atoms with Gasteiger partial charge in [0.15, 0.2) is 0 Å². The number of carbonyl (C=O) groups excluding carboxylic acids is 1. The second-order valence-electron chi connectivity index (χ2n) is 8.25. The summed E-state index contributed by atoms with van der Waals surface area (Å²) in [6.45, 7) is 7.12. The van der Waals surface area contributed by atoms with Crippen molar-refractivity contribution in [1.29, 1.82) is 0 Å². The second-order valence-corrected chi connectivity index (χ2v) is 8.25. The highest BCUT2D eigenvalue weighted by atomic mass is 16.5. The fraction of sp³-hybridized carbons (Fsp3) is 0.682. The van der Waals surface area contributed by atoms with E-state index in [1.807, 2.05) is 6.07 Å². The molecule has 2 fully saturated rings. The maximum Gasteiger partial charge on any atom is 0.220 e. The summed E-state index contributed by atoms with van der Waals surface area (Å²) in [4.78, 5) is 14.7. The Morgan fingerprint density at radius 2 is 1.85 bits per heavy atom. The van der Waals surface area contributed by atoms with Gasteiger partial charge in [-0.25, -0.2) is 0 Å². The number of nitrogens with one attached hydrogen (secondary N) is 1. The highest BCUT2D eigenvalue weighted by Crippen LogP contribution is 2.27. The highest BCUT2D eigenvalue weighted by Gasteiger charge is 2.24. The molecule has 1 amide bonds. The van der Waals surface area contributed by atoms with E-state index in [9.17, 15) is 4.79 Å². The minimum absolute atomic E-state index is 0.192. The molecule has 1 aromatic carbocycles. The Morgan fingerprint density at radius 3 is 2.54 bits per heavy atom. The van der Waals surface area contributed by atoms with Crippen LogP contribution in [-0.2, 0) is 11.3 Å². The van der Waals surface area contributed by atoms with Crippen LogP contribution in [0, 0.1) is 5.92 Å². The zero-order valence-corrected chi connectivity index (χ0v) is 16.4. The molecule has 1 heterocycles. The number of para-hydroxylation sites is 1. The topological polar surface area (TPSA) is 41.6 Å². The van der Waals surface area contributed by atoms with E-state index in [0.29, 0.717) is 12.0 Å². The molecular weight excluding hydrogens is 324 g/mol. The first-order chi connectivity index (χ1) is 12.6. The lowest BCUT2D eigenvalue weighted by Gasteiger charge is -2.33. The number of rotatable bonds is 7. The molecular formula is C22H34N2O2. The van der Waals surface area contributed by atoms with Crippen LogP contribution in [0.25, 0.3) is 0 Å². The molecule has 1 N–H and O–H groups in total. The van der Waals surface area contributed by atoms with Gasteiger partial charge < -0.3 is 10.1 Å². The lowest BCUT2D eigenvalue weighted by molar-refractivity contribution is -0.123. The van der Waals surface area contributed by atoms with Crippen LogP contribution in [0.2, 0.25) is 0 Å². The number of carbonyl (C=O) groups is 1. The van der Waals surface area contributed by atoms with E-state index in [2.05, 4.69) is 42.3 Å². The summed E-state index contributed by atoms with van der Waals surface area (Å²) in [5.41, 5.74) is 1.25. The van der Waals surface area contributed by atoms with Gasteiger partial charge in [0.1, 0.15) is 5.75 Å². The molecule has 3 rings (SSSR count). The van der Waals surface area contributed by atoms with Crippen LogP contribution in [0.15, 0.2) is 24.3 Å². The average molecular weight is 359 g/mol. The van der Waals surface area contributed by atoms with E-state index in [0.717, 1.165) is 44.6 Å². The van der Waals surface area contributed by atoms with Crippen molar-refractivity contribution in [2.45, 2.75) is 77.5 Å². The molecule has 1 saturated carbocycles. The van der Waals surface area contributed by atoms with Crippen LogP contribution in [0.5, 0.6) is 5.75 Å². The predicted molar refractivity (Wildman–Crippen MR) is 105 cm³/mol. The summed E-state index contributed by atoms with van der Waals surface area (Å²) in [5, 5.41) is 3.28. The Morgan fingerprint density at radius 1 is 1.15 bits per heavy atom. The molecule has 1 aromatic rings. The Hall–Kier alpha value is -1.55. The van der Waals surface area contributed by atoms with Crippen LogP contribution in [0.4, 0.5) is 0 Å². The number of nitrogens with zero attached hydrogens (tertiary/aromatic N) is 1. The zero-order chi connectivity index (χ0) is 18.4. The largest absolute Gasteiger partial charge is 0.491 e. The van der Waals surface area contributed by atoms with E-state index in [-0.39, 0.29) is 12.0 Å². The molecule has 1 aliphatic heterocycles. The molecule has 1 aliphatic carbocycles. The quantitative estimate of drug-likeness (QED) is 0.797. The molecule has 0 bridgehead atoms. The molecule has 144 valence electrons. The van der Waals surface area contributed by atoms with Crippen LogP contribution >= 0.6 is 0 Å². The molecule has 0 spiro atoms. The number of hydrogen-bond acceptors (Lipinski definition) is 3. The molecule has 1 saturated heterocycles. The molecule has 0 unspecified atom stereocenters. The van der Waals surface area contributed by atoms with E-state index in [1.54, 1.807) is 0 Å². The lowest BCUT2D eigenvalue weighted by atomic mass is 10.0. The monoisotopic (exact) mass is 358 g/mol. The van der Waals surface area contributed by atoms with Crippen LogP contribution in [-0.4, -0.2) is 36.0 Å². The average Bonchev–Trinajstić information content (AvgIpc) is 3.11. The number of benzene rings is 1. The van der Waals surface area contributed by atoms with Crippen LogP contribution in [0.1, 0.15) is 64.4 Å². The van der Waals surface area contributed by atoms with Crippen molar-refractivity contribution in [3.63, 3.8) is 0 Å². The molecule has 2 aliphatic rings. The second kappa shape index (κ2) is 9.40. The molecule has 4 heteroatoms. The Balaban J connectivity index is 1.43. The predicted octanol–water partition coefficient (Wildman–Crippen LogP) is 4.13. The van der Waals surface area contributed by atoms with Gasteiger partial charge in [0.25, 0.3) is 0 Å². The van der Waals surface area contributed by atoms with Crippen molar-refractivity contribution in [3.05, 3.63) is 29.8 Å². The van der Waals surface area contributed by atoms with Crippen molar-refractivity contribution in [3.8, 4) is 5.75 Å². The molecule has 26 heavy (non-hydrogen) atoms. The van der Waals surface area contributed by atoms with Gasteiger partial charge in [-0.2, -0.15) is 0 Å². The maximum absolute atomic E-state index is 12.2. The number of likely N-dealkylation sites (tertiary alicyclic amines) is 1. The lowest BCUT2D eigenvalue weighted by Crippen LogP contribution is -2.44. The third-order valence-corrected chi connectivity index (χ3v) is 5.63. The van der Waals surface area contributed by atoms with E-state index in [4.69, 9.17) is 4.74 Å². The van der Waals surface area contributed by atoms with Gasteiger partial charge in [0, 0.05) is 37.7 Å². The first kappa shape index (κ1) is 19.2. The number of ether oxygens (including phenoxy) is 1. The van der Waals surface area contributed by atoms with E-state index >= 15 is 0 Å². The van der Waals surface area contributed by atoms with E-state index in [1.165, 1.54) is 31.2 Å². The van der Waals surface area contributed by atoms with Crippen molar-refractivity contribution in [2.75, 3.05) is 13.1 Å². The Labute approximate surface area is 158 Å². The van der Waals surface area contributed by atoms with Crippen molar-refractivity contribution < 1.29 is 9.53 Å². The highest BCUT2D eigenvalue weighted by molar-refractivity contribution is 5.76. The third-order valence-electron chi connectivity index (χ3n) is 5.63. The number of piperidine rings is 1. The normalized spacial score (nSPS) is 19.8. The Bertz CT molecular complexity index is 573. The maximum atomic E-state index is 12.2. The summed E-state index contributed by atoms with van der Waals surface area (Å²) in [7, 11) is 0. The van der Waals surface area contributed by atoms with Gasteiger partial charge in [-0.05, 0) is 51.5 Å². The van der Waals surface area contributed by atoms with Gasteiger partial charge in [-0.1, -0.05) is 31.0 Å². The van der Waals surface area contributed by atoms with Crippen molar-refractivity contribution in [2.24, 2.45) is 5.92 Å². The number of hydrogen-bond donors (Lipinski definition) is 1. The Kier molecular flexibility index (Phi) is 6.95.